The molecule has 0 spiro atoms. The molecule has 9 nitrogen and oxygen atoms in total. The van der Waals surface area contributed by atoms with Crippen molar-refractivity contribution >= 4 is 23.7 Å². The summed E-state index contributed by atoms with van der Waals surface area (Å²) in [6.45, 7) is 3.23. The van der Waals surface area contributed by atoms with Crippen LogP contribution >= 0.6 is 0 Å². The molecule has 3 amide bonds. The number of benzene rings is 3. The first-order chi connectivity index (χ1) is 18.3. The highest BCUT2D eigenvalue weighted by molar-refractivity contribution is 6.10. The van der Waals surface area contributed by atoms with E-state index in [1.807, 2.05) is 60.7 Å². The maximum Gasteiger partial charge on any atom is 0.264 e. The molecular formula is C29H29N5O4. The fourth-order valence-electron chi connectivity index (χ4n) is 5.17. The lowest BCUT2D eigenvalue weighted by Crippen LogP contribution is -2.50. The Labute approximate surface area is 220 Å². The van der Waals surface area contributed by atoms with Gasteiger partial charge < -0.3 is 20.2 Å². The van der Waals surface area contributed by atoms with E-state index in [1.165, 1.54) is 24.0 Å². The number of nitrogens with zero attached hydrogens (tertiary/aromatic N) is 3. The highest BCUT2D eigenvalue weighted by atomic mass is 16.3. The summed E-state index contributed by atoms with van der Waals surface area (Å²) in [7, 11) is 0. The Balaban J connectivity index is 1.42. The van der Waals surface area contributed by atoms with Gasteiger partial charge in [-0.15, -0.1) is 0 Å². The summed E-state index contributed by atoms with van der Waals surface area (Å²) in [5, 5.41) is 22.2. The highest BCUT2D eigenvalue weighted by Crippen LogP contribution is 2.36. The third kappa shape index (κ3) is 4.47. The minimum atomic E-state index is -1.27. The SMILES string of the molecule is CC(=O)N1CCN(C(=O)c2cc(O)cc(CN3C(=N)NC(c4ccccc4)(c4ccccc4)C3=O)c2)CC1. The number of hydrogen-bond donors (Lipinski definition) is 3. The maximum absolute atomic E-state index is 14.0. The van der Waals surface area contributed by atoms with Gasteiger partial charge in [0.15, 0.2) is 11.5 Å². The minimum absolute atomic E-state index is 0.00111. The Morgan fingerprint density at radius 2 is 1.45 bits per heavy atom. The summed E-state index contributed by atoms with van der Waals surface area (Å²) in [4.78, 5) is 43.5. The predicted octanol–water partition coefficient (Wildman–Crippen LogP) is 2.51. The summed E-state index contributed by atoms with van der Waals surface area (Å²) in [5.41, 5.74) is 0.957. The molecule has 0 bridgehead atoms. The summed E-state index contributed by atoms with van der Waals surface area (Å²) in [6.07, 6.45) is 0. The number of carbonyl (C=O) groups is 3. The standard InChI is InChI=1S/C29H29N5O4/c1-20(35)32-12-14-33(15-13-32)26(37)22-16-21(17-25(36)18-22)19-34-27(38)29(31-28(34)30,23-8-4-2-5-9-23)24-10-6-3-7-11-24/h2-11,16-18,36H,12-15,19H2,1H3,(H2,30,31). The molecular weight excluding hydrogens is 482 g/mol. The lowest BCUT2D eigenvalue weighted by Gasteiger charge is -2.34. The van der Waals surface area contributed by atoms with Crippen molar-refractivity contribution in [3.63, 3.8) is 0 Å². The topological polar surface area (TPSA) is 117 Å². The Bertz CT molecular complexity index is 1350. The van der Waals surface area contributed by atoms with Crippen LogP contribution in [0.5, 0.6) is 5.75 Å². The zero-order valence-corrected chi connectivity index (χ0v) is 21.1. The molecule has 3 aromatic rings. The number of hydrogen-bond acceptors (Lipinski definition) is 5. The molecule has 3 aromatic carbocycles. The monoisotopic (exact) mass is 511 g/mol. The lowest BCUT2D eigenvalue weighted by atomic mass is 9.82. The number of phenolic OH excluding ortho intramolecular Hbond substituents is 1. The minimum Gasteiger partial charge on any atom is -0.508 e. The molecule has 0 unspecified atom stereocenters. The third-order valence-electron chi connectivity index (χ3n) is 7.13. The quantitative estimate of drug-likeness (QED) is 0.487. The Morgan fingerprint density at radius 1 is 0.895 bits per heavy atom. The molecule has 5 rings (SSSR count). The van der Waals surface area contributed by atoms with Crippen molar-refractivity contribution in [2.45, 2.75) is 19.0 Å². The number of amides is 3. The Morgan fingerprint density at radius 3 is 2.00 bits per heavy atom. The molecule has 2 saturated heterocycles. The average molecular weight is 512 g/mol. The molecule has 2 heterocycles. The van der Waals surface area contributed by atoms with Gasteiger partial charge in [-0.3, -0.25) is 24.7 Å². The summed E-state index contributed by atoms with van der Waals surface area (Å²) in [5.74, 6) is -0.771. The van der Waals surface area contributed by atoms with Gasteiger partial charge in [0.05, 0.1) is 6.54 Å². The van der Waals surface area contributed by atoms with Crippen molar-refractivity contribution in [2.24, 2.45) is 0 Å². The Kier molecular flexibility index (Phi) is 6.59. The molecule has 0 atom stereocenters. The molecule has 2 aliphatic heterocycles. The molecule has 9 heteroatoms. The van der Waals surface area contributed by atoms with E-state index < -0.39 is 5.54 Å². The van der Waals surface area contributed by atoms with Gasteiger partial charge in [-0.25, -0.2) is 0 Å². The van der Waals surface area contributed by atoms with E-state index in [1.54, 1.807) is 15.9 Å². The van der Waals surface area contributed by atoms with Crippen LogP contribution in [0.25, 0.3) is 0 Å². The maximum atomic E-state index is 14.0. The van der Waals surface area contributed by atoms with Crippen LogP contribution in [-0.2, 0) is 21.7 Å². The molecule has 0 aliphatic carbocycles. The van der Waals surface area contributed by atoms with Crippen molar-refractivity contribution in [1.82, 2.24) is 20.0 Å². The number of piperazine rings is 1. The van der Waals surface area contributed by atoms with Crippen LogP contribution in [0.15, 0.2) is 78.9 Å². The molecule has 3 N–H and O–H groups in total. The van der Waals surface area contributed by atoms with Crippen molar-refractivity contribution in [3.8, 4) is 5.75 Å². The van der Waals surface area contributed by atoms with E-state index in [-0.39, 0.29) is 36.0 Å². The smallest absolute Gasteiger partial charge is 0.264 e. The van der Waals surface area contributed by atoms with Crippen LogP contribution in [0.2, 0.25) is 0 Å². The number of rotatable bonds is 5. The lowest BCUT2D eigenvalue weighted by molar-refractivity contribution is -0.131. The average Bonchev–Trinajstić information content (AvgIpc) is 3.19. The zero-order chi connectivity index (χ0) is 26.9. The molecule has 38 heavy (non-hydrogen) atoms. The van der Waals surface area contributed by atoms with E-state index in [0.29, 0.717) is 48.4 Å². The first-order valence-corrected chi connectivity index (χ1v) is 12.5. The third-order valence-corrected chi connectivity index (χ3v) is 7.13. The summed E-state index contributed by atoms with van der Waals surface area (Å²) in [6, 6.07) is 23.1. The van der Waals surface area contributed by atoms with Gasteiger partial charge >= 0.3 is 0 Å². The number of carbonyl (C=O) groups excluding carboxylic acids is 3. The molecule has 0 radical (unpaired) electrons. The second kappa shape index (κ2) is 10.0. The predicted molar refractivity (Wildman–Crippen MR) is 141 cm³/mol. The summed E-state index contributed by atoms with van der Waals surface area (Å²) >= 11 is 0. The van der Waals surface area contributed by atoms with Crippen molar-refractivity contribution in [3.05, 3.63) is 101 Å². The molecule has 0 saturated carbocycles. The number of guanidine groups is 1. The fraction of sp³-hybridized carbons (Fsp3) is 0.241. The number of aromatic hydroxyl groups is 1. The van der Waals surface area contributed by atoms with E-state index in [0.717, 1.165) is 0 Å². The van der Waals surface area contributed by atoms with Gasteiger partial charge in [0.2, 0.25) is 5.91 Å². The molecule has 2 aliphatic rings. The van der Waals surface area contributed by atoms with Gasteiger partial charge in [0.1, 0.15) is 5.75 Å². The normalized spacial score (nSPS) is 16.9. The van der Waals surface area contributed by atoms with Crippen LogP contribution in [-0.4, -0.2) is 69.7 Å². The zero-order valence-electron chi connectivity index (χ0n) is 21.1. The van der Waals surface area contributed by atoms with Gasteiger partial charge in [0, 0.05) is 38.7 Å². The van der Waals surface area contributed by atoms with Crippen molar-refractivity contribution in [1.29, 1.82) is 5.41 Å². The van der Waals surface area contributed by atoms with Crippen LogP contribution in [0.4, 0.5) is 0 Å². The summed E-state index contributed by atoms with van der Waals surface area (Å²) < 4.78 is 0. The first kappa shape index (κ1) is 25.0. The van der Waals surface area contributed by atoms with Crippen LogP contribution in [0.3, 0.4) is 0 Å². The number of nitrogens with one attached hydrogen (secondary N) is 2. The highest BCUT2D eigenvalue weighted by Gasteiger charge is 2.52. The van der Waals surface area contributed by atoms with E-state index in [2.05, 4.69) is 5.32 Å². The van der Waals surface area contributed by atoms with E-state index >= 15 is 0 Å². The van der Waals surface area contributed by atoms with Crippen molar-refractivity contribution in [2.75, 3.05) is 26.2 Å². The number of phenols is 1. The fourth-order valence-corrected chi connectivity index (χ4v) is 5.17. The van der Waals surface area contributed by atoms with Gasteiger partial charge in [0.25, 0.3) is 11.8 Å². The van der Waals surface area contributed by atoms with Gasteiger partial charge in [-0.1, -0.05) is 60.7 Å². The largest absolute Gasteiger partial charge is 0.508 e. The molecule has 2 fully saturated rings. The van der Waals surface area contributed by atoms with Crippen molar-refractivity contribution < 1.29 is 19.5 Å². The van der Waals surface area contributed by atoms with Gasteiger partial charge in [-0.2, -0.15) is 0 Å². The van der Waals surface area contributed by atoms with E-state index in [4.69, 9.17) is 5.41 Å². The Hall–Kier alpha value is -4.66. The second-order valence-electron chi connectivity index (χ2n) is 9.53. The van der Waals surface area contributed by atoms with Crippen LogP contribution in [0.1, 0.15) is 34.0 Å². The first-order valence-electron chi connectivity index (χ1n) is 12.5. The van der Waals surface area contributed by atoms with E-state index in [9.17, 15) is 19.5 Å². The van der Waals surface area contributed by atoms with Crippen LogP contribution < -0.4 is 5.32 Å². The van der Waals surface area contributed by atoms with Gasteiger partial charge in [-0.05, 0) is 34.9 Å². The second-order valence-corrected chi connectivity index (χ2v) is 9.53. The van der Waals surface area contributed by atoms with Crippen LogP contribution in [0, 0.1) is 5.41 Å². The molecule has 0 aromatic heterocycles. The molecule has 194 valence electrons.